The van der Waals surface area contributed by atoms with Crippen LogP contribution in [-0.4, -0.2) is 78.8 Å². The maximum absolute atomic E-state index is 11.5. The first-order valence-electron chi connectivity index (χ1n) is 6.47. The quantitative estimate of drug-likeness (QED) is 0.675. The maximum atomic E-state index is 11.5. The lowest BCUT2D eigenvalue weighted by Gasteiger charge is -2.42. The molecule has 98 valence electrons. The first-order chi connectivity index (χ1) is 8.20. The summed E-state index contributed by atoms with van der Waals surface area (Å²) in [7, 11) is 2.18. The SMILES string of the molecule is CN1CCN(C2CCN(C(=O)CCl)CC2)CC1. The van der Waals surface area contributed by atoms with Crippen molar-refractivity contribution < 1.29 is 4.79 Å². The van der Waals surface area contributed by atoms with Crippen LogP contribution >= 0.6 is 11.6 Å². The van der Waals surface area contributed by atoms with Gasteiger partial charge in [0.2, 0.25) is 5.91 Å². The fraction of sp³-hybridized carbons (Fsp3) is 0.917. The van der Waals surface area contributed by atoms with E-state index in [1.54, 1.807) is 0 Å². The van der Waals surface area contributed by atoms with Crippen molar-refractivity contribution in [1.82, 2.24) is 14.7 Å². The third kappa shape index (κ3) is 3.33. The summed E-state index contributed by atoms with van der Waals surface area (Å²) < 4.78 is 0. The summed E-state index contributed by atoms with van der Waals surface area (Å²) in [4.78, 5) is 18.3. The van der Waals surface area contributed by atoms with Gasteiger partial charge in [-0.15, -0.1) is 11.6 Å². The molecule has 0 aromatic carbocycles. The molecule has 5 heteroatoms. The Morgan fingerprint density at radius 1 is 1.12 bits per heavy atom. The zero-order valence-corrected chi connectivity index (χ0v) is 11.3. The highest BCUT2D eigenvalue weighted by atomic mass is 35.5. The largest absolute Gasteiger partial charge is 0.342 e. The van der Waals surface area contributed by atoms with Gasteiger partial charge < -0.3 is 9.80 Å². The number of nitrogens with zero attached hydrogens (tertiary/aromatic N) is 3. The van der Waals surface area contributed by atoms with Crippen molar-refractivity contribution in [2.75, 3.05) is 52.2 Å². The Bertz CT molecular complexity index is 258. The molecule has 0 aromatic rings. The molecule has 0 radical (unpaired) electrons. The van der Waals surface area contributed by atoms with Gasteiger partial charge >= 0.3 is 0 Å². The molecular weight excluding hydrogens is 238 g/mol. The fourth-order valence-electron chi connectivity index (χ4n) is 2.75. The molecule has 4 nitrogen and oxygen atoms in total. The standard InChI is InChI=1S/C12H22ClN3O/c1-14-6-8-15(9-7-14)11-2-4-16(5-3-11)12(17)10-13/h11H,2-10H2,1H3. The molecular formula is C12H22ClN3O. The van der Waals surface area contributed by atoms with Gasteiger partial charge in [0.25, 0.3) is 0 Å². The zero-order valence-electron chi connectivity index (χ0n) is 10.6. The number of carbonyl (C=O) groups excluding carboxylic acids is 1. The van der Waals surface area contributed by atoms with E-state index < -0.39 is 0 Å². The van der Waals surface area contributed by atoms with Crippen LogP contribution in [-0.2, 0) is 4.79 Å². The number of piperidine rings is 1. The van der Waals surface area contributed by atoms with E-state index in [1.165, 1.54) is 26.2 Å². The minimum Gasteiger partial charge on any atom is -0.342 e. The lowest BCUT2D eigenvalue weighted by atomic mass is 10.0. The van der Waals surface area contributed by atoms with E-state index >= 15 is 0 Å². The predicted molar refractivity (Wildman–Crippen MR) is 69.4 cm³/mol. The van der Waals surface area contributed by atoms with Crippen molar-refractivity contribution in [3.63, 3.8) is 0 Å². The highest BCUT2D eigenvalue weighted by molar-refractivity contribution is 6.27. The second-order valence-electron chi connectivity index (χ2n) is 5.08. The van der Waals surface area contributed by atoms with Gasteiger partial charge in [0.1, 0.15) is 5.88 Å². The molecule has 0 unspecified atom stereocenters. The molecule has 0 saturated carbocycles. The number of likely N-dealkylation sites (N-methyl/N-ethyl adjacent to an activating group) is 1. The number of likely N-dealkylation sites (tertiary alicyclic amines) is 1. The number of halogens is 1. The summed E-state index contributed by atoms with van der Waals surface area (Å²) in [5.74, 6) is 0.211. The third-order valence-electron chi connectivity index (χ3n) is 3.99. The smallest absolute Gasteiger partial charge is 0.237 e. The summed E-state index contributed by atoms with van der Waals surface area (Å²) in [6.07, 6.45) is 2.21. The molecule has 1 amide bonds. The molecule has 0 aliphatic carbocycles. The van der Waals surface area contributed by atoms with Gasteiger partial charge in [0, 0.05) is 45.3 Å². The number of amides is 1. The Morgan fingerprint density at radius 2 is 1.71 bits per heavy atom. The monoisotopic (exact) mass is 259 g/mol. The number of hydrogen-bond acceptors (Lipinski definition) is 3. The summed E-state index contributed by atoms with van der Waals surface area (Å²) in [5, 5.41) is 0. The Balaban J connectivity index is 1.77. The van der Waals surface area contributed by atoms with Crippen LogP contribution in [0.15, 0.2) is 0 Å². The Labute approximate surface area is 108 Å². The molecule has 0 atom stereocenters. The highest BCUT2D eigenvalue weighted by Crippen LogP contribution is 2.18. The molecule has 0 spiro atoms. The van der Waals surface area contributed by atoms with Crippen LogP contribution in [0.1, 0.15) is 12.8 Å². The van der Waals surface area contributed by atoms with Crippen molar-refractivity contribution in [2.24, 2.45) is 0 Å². The van der Waals surface area contributed by atoms with Crippen molar-refractivity contribution in [3.05, 3.63) is 0 Å². The Morgan fingerprint density at radius 3 is 2.24 bits per heavy atom. The van der Waals surface area contributed by atoms with E-state index in [-0.39, 0.29) is 11.8 Å². The average molecular weight is 260 g/mol. The molecule has 2 saturated heterocycles. The molecule has 2 aliphatic heterocycles. The first-order valence-corrected chi connectivity index (χ1v) is 7.00. The van der Waals surface area contributed by atoms with Crippen LogP contribution in [0, 0.1) is 0 Å². The van der Waals surface area contributed by atoms with E-state index in [2.05, 4.69) is 16.8 Å². The zero-order chi connectivity index (χ0) is 12.3. The van der Waals surface area contributed by atoms with E-state index in [4.69, 9.17) is 11.6 Å². The molecule has 0 bridgehead atoms. The summed E-state index contributed by atoms with van der Waals surface area (Å²) in [6.45, 7) is 6.43. The normalized spacial score (nSPS) is 25.2. The van der Waals surface area contributed by atoms with E-state index in [0.29, 0.717) is 6.04 Å². The van der Waals surface area contributed by atoms with Crippen molar-refractivity contribution in [2.45, 2.75) is 18.9 Å². The third-order valence-corrected chi connectivity index (χ3v) is 4.21. The topological polar surface area (TPSA) is 26.8 Å². The van der Waals surface area contributed by atoms with Crippen molar-refractivity contribution in [3.8, 4) is 0 Å². The lowest BCUT2D eigenvalue weighted by Crippen LogP contribution is -2.53. The second-order valence-corrected chi connectivity index (χ2v) is 5.35. The average Bonchev–Trinajstić information content (AvgIpc) is 2.39. The molecule has 2 rings (SSSR count). The molecule has 2 heterocycles. The molecule has 17 heavy (non-hydrogen) atoms. The second kappa shape index (κ2) is 6.03. The summed E-state index contributed by atoms with van der Waals surface area (Å²) in [5.41, 5.74) is 0. The van der Waals surface area contributed by atoms with E-state index in [0.717, 1.165) is 25.9 Å². The maximum Gasteiger partial charge on any atom is 0.237 e. The lowest BCUT2D eigenvalue weighted by molar-refractivity contribution is -0.130. The molecule has 2 aliphatic rings. The minimum absolute atomic E-state index is 0.0866. The van der Waals surface area contributed by atoms with Gasteiger partial charge in [-0.1, -0.05) is 0 Å². The Kier molecular flexibility index (Phi) is 4.65. The van der Waals surface area contributed by atoms with E-state index in [9.17, 15) is 4.79 Å². The van der Waals surface area contributed by atoms with Gasteiger partial charge in [-0.05, 0) is 19.9 Å². The van der Waals surface area contributed by atoms with Crippen LogP contribution in [0.2, 0.25) is 0 Å². The highest BCUT2D eigenvalue weighted by Gasteiger charge is 2.27. The van der Waals surface area contributed by atoms with Crippen LogP contribution in [0.5, 0.6) is 0 Å². The van der Waals surface area contributed by atoms with E-state index in [1.807, 2.05) is 4.90 Å². The molecule has 2 fully saturated rings. The summed E-state index contributed by atoms with van der Waals surface area (Å²) >= 11 is 5.58. The van der Waals surface area contributed by atoms with Gasteiger partial charge in [0.15, 0.2) is 0 Å². The van der Waals surface area contributed by atoms with Gasteiger partial charge in [-0.3, -0.25) is 9.69 Å². The van der Waals surface area contributed by atoms with Crippen molar-refractivity contribution in [1.29, 1.82) is 0 Å². The number of piperazine rings is 1. The van der Waals surface area contributed by atoms with Crippen LogP contribution in [0.4, 0.5) is 0 Å². The van der Waals surface area contributed by atoms with Gasteiger partial charge in [-0.2, -0.15) is 0 Å². The minimum atomic E-state index is 0.0866. The number of alkyl halides is 1. The number of rotatable bonds is 2. The fourth-order valence-corrected chi connectivity index (χ4v) is 2.92. The molecule has 0 N–H and O–H groups in total. The summed E-state index contributed by atoms with van der Waals surface area (Å²) in [6, 6.07) is 0.670. The number of hydrogen-bond donors (Lipinski definition) is 0. The van der Waals surface area contributed by atoms with Crippen LogP contribution in [0.25, 0.3) is 0 Å². The van der Waals surface area contributed by atoms with Gasteiger partial charge in [0.05, 0.1) is 0 Å². The Hall–Kier alpha value is -0.320. The van der Waals surface area contributed by atoms with Crippen LogP contribution in [0.3, 0.4) is 0 Å². The van der Waals surface area contributed by atoms with Gasteiger partial charge in [-0.25, -0.2) is 0 Å². The van der Waals surface area contributed by atoms with Crippen molar-refractivity contribution >= 4 is 17.5 Å². The van der Waals surface area contributed by atoms with Crippen LogP contribution < -0.4 is 0 Å². The first kappa shape index (κ1) is 13.1. The predicted octanol–water partition coefficient (Wildman–Crippen LogP) is 0.464. The number of carbonyl (C=O) groups is 1. The molecule has 0 aromatic heterocycles.